The van der Waals surface area contributed by atoms with Crippen molar-refractivity contribution in [2.45, 2.75) is 25.4 Å². The summed E-state index contributed by atoms with van der Waals surface area (Å²) in [5, 5.41) is 12.6. The van der Waals surface area contributed by atoms with E-state index in [1.54, 1.807) is 0 Å². The summed E-state index contributed by atoms with van der Waals surface area (Å²) in [6.07, 6.45) is 2.63. The molecule has 0 spiro atoms. The van der Waals surface area contributed by atoms with Crippen LogP contribution >= 0.6 is 0 Å². The van der Waals surface area contributed by atoms with Crippen LogP contribution in [0.5, 0.6) is 0 Å². The molecule has 2 saturated heterocycles. The van der Waals surface area contributed by atoms with E-state index >= 15 is 0 Å². The highest BCUT2D eigenvalue weighted by Gasteiger charge is 2.31. The third-order valence-electron chi connectivity index (χ3n) is 4.49. The Bertz CT molecular complexity index is 520. The summed E-state index contributed by atoms with van der Waals surface area (Å²) in [5.41, 5.74) is 3.09. The molecule has 0 saturated carbocycles. The largest absolute Gasteiger partial charge is 0.368 e. The maximum atomic E-state index is 9.42. The van der Waals surface area contributed by atoms with Gasteiger partial charge in [-0.15, -0.1) is 0 Å². The van der Waals surface area contributed by atoms with Gasteiger partial charge in [0.05, 0.1) is 11.3 Å². The van der Waals surface area contributed by atoms with Gasteiger partial charge in [0, 0.05) is 32.2 Å². The quantitative estimate of drug-likeness (QED) is 0.905. The second-order valence-electron chi connectivity index (χ2n) is 5.77. The first kappa shape index (κ1) is 13.4. The van der Waals surface area contributed by atoms with E-state index in [9.17, 15) is 5.26 Å². The van der Waals surface area contributed by atoms with Gasteiger partial charge in [0.15, 0.2) is 0 Å². The summed E-state index contributed by atoms with van der Waals surface area (Å²) in [6, 6.07) is 9.33. The molecule has 20 heavy (non-hydrogen) atoms. The number of nitrogens with one attached hydrogen (secondary N) is 1. The van der Waals surface area contributed by atoms with Gasteiger partial charge in [-0.2, -0.15) is 5.26 Å². The SMILES string of the molecule is CNCc1ccc(N2CCN3CCCC3C2)c(C#N)c1. The molecule has 0 amide bonds. The topological polar surface area (TPSA) is 42.3 Å². The van der Waals surface area contributed by atoms with E-state index in [2.05, 4.69) is 33.3 Å². The maximum absolute atomic E-state index is 9.42. The van der Waals surface area contributed by atoms with E-state index in [1.807, 2.05) is 13.1 Å². The second-order valence-corrected chi connectivity index (χ2v) is 5.77. The number of nitriles is 1. The van der Waals surface area contributed by atoms with Gasteiger partial charge in [-0.05, 0) is 44.1 Å². The predicted molar refractivity (Wildman–Crippen MR) is 80.7 cm³/mol. The van der Waals surface area contributed by atoms with Crippen molar-refractivity contribution >= 4 is 5.69 Å². The highest BCUT2D eigenvalue weighted by Crippen LogP contribution is 2.28. The van der Waals surface area contributed by atoms with Crippen LogP contribution in [-0.4, -0.2) is 44.2 Å². The normalized spacial score (nSPS) is 22.6. The van der Waals surface area contributed by atoms with Gasteiger partial charge < -0.3 is 10.2 Å². The second kappa shape index (κ2) is 5.82. The Morgan fingerprint density at radius 1 is 1.35 bits per heavy atom. The number of nitrogens with zero attached hydrogens (tertiary/aromatic N) is 3. The maximum Gasteiger partial charge on any atom is 0.101 e. The lowest BCUT2D eigenvalue weighted by atomic mass is 10.1. The highest BCUT2D eigenvalue weighted by molar-refractivity contribution is 5.61. The van der Waals surface area contributed by atoms with Crippen molar-refractivity contribution in [2.24, 2.45) is 0 Å². The first-order valence-corrected chi connectivity index (χ1v) is 7.48. The van der Waals surface area contributed by atoms with E-state index in [4.69, 9.17) is 0 Å². The number of rotatable bonds is 3. The summed E-state index contributed by atoms with van der Waals surface area (Å²) >= 11 is 0. The summed E-state index contributed by atoms with van der Waals surface area (Å²) in [6.45, 7) is 5.31. The first-order valence-electron chi connectivity index (χ1n) is 7.48. The fourth-order valence-corrected chi connectivity index (χ4v) is 3.47. The summed E-state index contributed by atoms with van der Waals surface area (Å²) in [5.74, 6) is 0. The van der Waals surface area contributed by atoms with Crippen molar-refractivity contribution in [3.8, 4) is 6.07 Å². The third-order valence-corrected chi connectivity index (χ3v) is 4.49. The highest BCUT2D eigenvalue weighted by atomic mass is 15.3. The smallest absolute Gasteiger partial charge is 0.101 e. The lowest BCUT2D eigenvalue weighted by Crippen LogP contribution is -2.50. The van der Waals surface area contributed by atoms with Crippen LogP contribution in [0.3, 0.4) is 0 Å². The zero-order valence-electron chi connectivity index (χ0n) is 12.1. The fraction of sp³-hybridized carbons (Fsp3) is 0.562. The molecule has 1 aromatic carbocycles. The molecular formula is C16H22N4. The number of fused-ring (bicyclic) bond motifs is 1. The number of piperazine rings is 1. The molecule has 1 N–H and O–H groups in total. The zero-order chi connectivity index (χ0) is 13.9. The van der Waals surface area contributed by atoms with Crippen LogP contribution in [0.1, 0.15) is 24.0 Å². The van der Waals surface area contributed by atoms with Crippen molar-refractivity contribution in [3.05, 3.63) is 29.3 Å². The minimum Gasteiger partial charge on any atom is -0.368 e. The number of benzene rings is 1. The third kappa shape index (κ3) is 2.52. The van der Waals surface area contributed by atoms with Crippen molar-refractivity contribution < 1.29 is 0 Å². The van der Waals surface area contributed by atoms with Gasteiger partial charge in [-0.25, -0.2) is 0 Å². The van der Waals surface area contributed by atoms with Crippen LogP contribution in [0.25, 0.3) is 0 Å². The monoisotopic (exact) mass is 270 g/mol. The number of anilines is 1. The van der Waals surface area contributed by atoms with Crippen LogP contribution < -0.4 is 10.2 Å². The molecule has 4 nitrogen and oxygen atoms in total. The standard InChI is InChI=1S/C16H22N4/c1-18-11-13-4-5-16(14(9-13)10-17)20-8-7-19-6-2-3-15(19)12-20/h4-5,9,15,18H,2-3,6-8,11-12H2,1H3. The average Bonchev–Trinajstić information content (AvgIpc) is 2.95. The Morgan fingerprint density at radius 3 is 3.05 bits per heavy atom. The van der Waals surface area contributed by atoms with Crippen molar-refractivity contribution in [1.82, 2.24) is 10.2 Å². The lowest BCUT2D eigenvalue weighted by Gasteiger charge is -2.39. The molecule has 4 heteroatoms. The molecule has 2 heterocycles. The van der Waals surface area contributed by atoms with E-state index in [0.717, 1.165) is 37.4 Å². The molecule has 1 aromatic rings. The van der Waals surface area contributed by atoms with E-state index in [0.29, 0.717) is 6.04 Å². The Morgan fingerprint density at radius 2 is 2.25 bits per heavy atom. The molecule has 106 valence electrons. The number of hydrogen-bond acceptors (Lipinski definition) is 4. The van der Waals surface area contributed by atoms with Gasteiger partial charge in [0.2, 0.25) is 0 Å². The van der Waals surface area contributed by atoms with Crippen LogP contribution in [0.2, 0.25) is 0 Å². The molecule has 0 aliphatic carbocycles. The Balaban J connectivity index is 1.81. The van der Waals surface area contributed by atoms with Crippen molar-refractivity contribution in [3.63, 3.8) is 0 Å². The Hall–Kier alpha value is -1.57. The molecule has 2 aliphatic heterocycles. The summed E-state index contributed by atoms with van der Waals surface area (Å²) in [4.78, 5) is 4.99. The average molecular weight is 270 g/mol. The molecular weight excluding hydrogens is 248 g/mol. The van der Waals surface area contributed by atoms with E-state index in [-0.39, 0.29) is 0 Å². The molecule has 1 unspecified atom stereocenters. The molecule has 1 atom stereocenters. The minimum absolute atomic E-state index is 0.687. The van der Waals surface area contributed by atoms with Gasteiger partial charge in [0.25, 0.3) is 0 Å². The van der Waals surface area contributed by atoms with Gasteiger partial charge in [0.1, 0.15) is 6.07 Å². The Kier molecular flexibility index (Phi) is 3.90. The van der Waals surface area contributed by atoms with E-state index < -0.39 is 0 Å². The Labute approximate surface area is 121 Å². The van der Waals surface area contributed by atoms with Crippen molar-refractivity contribution in [1.29, 1.82) is 5.26 Å². The van der Waals surface area contributed by atoms with Gasteiger partial charge >= 0.3 is 0 Å². The fourth-order valence-electron chi connectivity index (χ4n) is 3.47. The van der Waals surface area contributed by atoms with Crippen LogP contribution in [0, 0.1) is 11.3 Å². The molecule has 2 fully saturated rings. The number of hydrogen-bond donors (Lipinski definition) is 1. The van der Waals surface area contributed by atoms with Crippen LogP contribution in [-0.2, 0) is 6.54 Å². The van der Waals surface area contributed by atoms with Crippen LogP contribution in [0.15, 0.2) is 18.2 Å². The van der Waals surface area contributed by atoms with E-state index in [1.165, 1.54) is 24.9 Å². The van der Waals surface area contributed by atoms with Gasteiger partial charge in [-0.1, -0.05) is 6.07 Å². The zero-order valence-corrected chi connectivity index (χ0v) is 12.1. The molecule has 3 rings (SSSR count). The van der Waals surface area contributed by atoms with Crippen LogP contribution in [0.4, 0.5) is 5.69 Å². The summed E-state index contributed by atoms with van der Waals surface area (Å²) in [7, 11) is 1.93. The molecule has 0 bridgehead atoms. The molecule has 0 aromatic heterocycles. The lowest BCUT2D eigenvalue weighted by molar-refractivity contribution is 0.231. The predicted octanol–water partition coefficient (Wildman–Crippen LogP) is 1.56. The van der Waals surface area contributed by atoms with Crippen molar-refractivity contribution in [2.75, 3.05) is 38.1 Å². The minimum atomic E-state index is 0.687. The first-order chi connectivity index (χ1) is 9.81. The summed E-state index contributed by atoms with van der Waals surface area (Å²) < 4.78 is 0. The molecule has 2 aliphatic rings. The molecule has 0 radical (unpaired) electrons. The van der Waals surface area contributed by atoms with Gasteiger partial charge in [-0.3, -0.25) is 4.90 Å².